The van der Waals surface area contributed by atoms with Crippen LogP contribution < -0.4 is 20.7 Å². The summed E-state index contributed by atoms with van der Waals surface area (Å²) in [7, 11) is 1.57. The van der Waals surface area contributed by atoms with Crippen molar-refractivity contribution >= 4 is 70.1 Å². The van der Waals surface area contributed by atoms with Gasteiger partial charge in [0.25, 0.3) is 11.8 Å². The van der Waals surface area contributed by atoms with Crippen molar-refractivity contribution in [2.75, 3.05) is 17.7 Å². The number of ether oxygens (including phenoxy) is 1. The number of methoxy groups -OCH3 is 1. The second-order valence-corrected chi connectivity index (χ2v) is 11.3. The summed E-state index contributed by atoms with van der Waals surface area (Å²) in [4.78, 5) is 39.8. The Balaban J connectivity index is 1.48. The fourth-order valence-electron chi connectivity index (χ4n) is 3.78. The van der Waals surface area contributed by atoms with Crippen molar-refractivity contribution in [1.29, 1.82) is 0 Å². The number of thioether (sulfide) groups is 1. The van der Waals surface area contributed by atoms with Crippen LogP contribution in [0.2, 0.25) is 10.0 Å². The minimum atomic E-state index is -0.513. The normalized spacial score (nSPS) is 11.8. The van der Waals surface area contributed by atoms with E-state index in [-0.39, 0.29) is 11.6 Å². The van der Waals surface area contributed by atoms with E-state index in [1.165, 1.54) is 11.8 Å². The SMILES string of the molecule is COc1ccc(/C=C(/NC(=O)c2ccccc2)C(=O)Nc2cccc(SC(C)C(=O)Nc3cc(Cl)cc(Cl)c3)c2)cc1. The molecule has 0 spiro atoms. The summed E-state index contributed by atoms with van der Waals surface area (Å²) in [6, 6.07) is 27.6. The fraction of sp³-hybridized carbons (Fsp3) is 0.0938. The largest absolute Gasteiger partial charge is 0.497 e. The molecular formula is C32H27Cl2N3O4S. The van der Waals surface area contributed by atoms with Gasteiger partial charge >= 0.3 is 0 Å². The molecule has 0 aliphatic carbocycles. The van der Waals surface area contributed by atoms with Gasteiger partial charge in [0.15, 0.2) is 0 Å². The van der Waals surface area contributed by atoms with E-state index >= 15 is 0 Å². The minimum absolute atomic E-state index is 0.0556. The minimum Gasteiger partial charge on any atom is -0.497 e. The van der Waals surface area contributed by atoms with Crippen molar-refractivity contribution in [2.45, 2.75) is 17.1 Å². The lowest BCUT2D eigenvalue weighted by atomic mass is 10.1. The third-order valence-corrected chi connectivity index (χ3v) is 7.39. The number of hydrogen-bond donors (Lipinski definition) is 3. The summed E-state index contributed by atoms with van der Waals surface area (Å²) >= 11 is 13.4. The Kier molecular flexibility index (Phi) is 10.7. The zero-order chi connectivity index (χ0) is 30.1. The molecule has 10 heteroatoms. The van der Waals surface area contributed by atoms with Gasteiger partial charge in [0, 0.05) is 31.9 Å². The summed E-state index contributed by atoms with van der Waals surface area (Å²) < 4.78 is 5.21. The van der Waals surface area contributed by atoms with Crippen LogP contribution in [0.1, 0.15) is 22.8 Å². The van der Waals surface area contributed by atoms with E-state index in [2.05, 4.69) is 16.0 Å². The van der Waals surface area contributed by atoms with Crippen molar-refractivity contribution in [1.82, 2.24) is 5.32 Å². The highest BCUT2D eigenvalue weighted by atomic mass is 35.5. The quantitative estimate of drug-likeness (QED) is 0.126. The molecule has 3 N–H and O–H groups in total. The lowest BCUT2D eigenvalue weighted by Crippen LogP contribution is -2.30. The topological polar surface area (TPSA) is 96.5 Å². The van der Waals surface area contributed by atoms with Crippen LogP contribution in [0, 0.1) is 0 Å². The second-order valence-electron chi connectivity index (χ2n) is 9.04. The predicted octanol–water partition coefficient (Wildman–Crippen LogP) is 7.53. The number of carbonyl (C=O) groups is 3. The third-order valence-electron chi connectivity index (χ3n) is 5.86. The molecule has 4 rings (SSSR count). The molecular weight excluding hydrogens is 593 g/mol. The number of benzene rings is 4. The van der Waals surface area contributed by atoms with E-state index in [0.717, 1.165) is 4.90 Å². The molecule has 0 radical (unpaired) electrons. The zero-order valence-electron chi connectivity index (χ0n) is 22.7. The summed E-state index contributed by atoms with van der Waals surface area (Å²) in [5.41, 5.74) is 2.16. The van der Waals surface area contributed by atoms with Gasteiger partial charge in [-0.25, -0.2) is 0 Å². The van der Waals surface area contributed by atoms with Crippen molar-refractivity contribution in [3.8, 4) is 5.75 Å². The van der Waals surface area contributed by atoms with Crippen LogP contribution in [-0.2, 0) is 9.59 Å². The molecule has 42 heavy (non-hydrogen) atoms. The number of nitrogens with one attached hydrogen (secondary N) is 3. The number of amides is 3. The van der Waals surface area contributed by atoms with E-state index in [9.17, 15) is 14.4 Å². The number of anilines is 2. The predicted molar refractivity (Wildman–Crippen MR) is 170 cm³/mol. The van der Waals surface area contributed by atoms with Gasteiger partial charge in [0.1, 0.15) is 11.4 Å². The van der Waals surface area contributed by atoms with Crippen molar-refractivity contribution < 1.29 is 19.1 Å². The molecule has 0 saturated carbocycles. The molecule has 0 aromatic heterocycles. The Bertz CT molecular complexity index is 1590. The Morgan fingerprint density at radius 2 is 1.50 bits per heavy atom. The van der Waals surface area contributed by atoms with E-state index in [4.69, 9.17) is 27.9 Å². The van der Waals surface area contributed by atoms with Gasteiger partial charge < -0.3 is 20.7 Å². The Labute approximate surface area is 258 Å². The fourth-order valence-corrected chi connectivity index (χ4v) is 5.23. The van der Waals surface area contributed by atoms with Gasteiger partial charge in [-0.3, -0.25) is 14.4 Å². The van der Waals surface area contributed by atoms with E-state index in [1.807, 2.05) is 6.07 Å². The summed E-state index contributed by atoms with van der Waals surface area (Å²) in [6.07, 6.45) is 1.59. The lowest BCUT2D eigenvalue weighted by Gasteiger charge is -2.14. The first-order chi connectivity index (χ1) is 20.2. The molecule has 0 heterocycles. The Hall–Kier alpha value is -4.24. The van der Waals surface area contributed by atoms with Gasteiger partial charge in [-0.15, -0.1) is 11.8 Å². The molecule has 214 valence electrons. The zero-order valence-corrected chi connectivity index (χ0v) is 25.0. The van der Waals surface area contributed by atoms with Crippen LogP contribution in [0.5, 0.6) is 5.75 Å². The van der Waals surface area contributed by atoms with Crippen LogP contribution in [0.4, 0.5) is 11.4 Å². The molecule has 1 unspecified atom stereocenters. The second kappa shape index (κ2) is 14.6. The molecule has 0 fully saturated rings. The Morgan fingerprint density at radius 3 is 2.17 bits per heavy atom. The van der Waals surface area contributed by atoms with Crippen LogP contribution in [0.15, 0.2) is 108 Å². The summed E-state index contributed by atoms with van der Waals surface area (Å²) in [5, 5.41) is 8.75. The monoisotopic (exact) mass is 619 g/mol. The summed E-state index contributed by atoms with van der Waals surface area (Å²) in [6.45, 7) is 1.77. The van der Waals surface area contributed by atoms with Gasteiger partial charge in [-0.1, -0.05) is 59.6 Å². The van der Waals surface area contributed by atoms with Gasteiger partial charge in [-0.05, 0) is 79.2 Å². The maximum atomic E-state index is 13.4. The average molecular weight is 621 g/mol. The average Bonchev–Trinajstić information content (AvgIpc) is 2.97. The van der Waals surface area contributed by atoms with E-state index in [1.54, 1.807) is 111 Å². The van der Waals surface area contributed by atoms with Crippen LogP contribution >= 0.6 is 35.0 Å². The molecule has 4 aromatic carbocycles. The molecule has 0 saturated heterocycles. The molecule has 0 bridgehead atoms. The van der Waals surface area contributed by atoms with Gasteiger partial charge in [0.05, 0.1) is 12.4 Å². The molecule has 7 nitrogen and oxygen atoms in total. The number of hydrogen-bond acceptors (Lipinski definition) is 5. The molecule has 4 aromatic rings. The van der Waals surface area contributed by atoms with Crippen molar-refractivity contribution in [3.05, 3.63) is 124 Å². The van der Waals surface area contributed by atoms with Crippen LogP contribution in [-0.4, -0.2) is 30.1 Å². The number of carbonyl (C=O) groups excluding carboxylic acids is 3. The number of halogens is 2. The van der Waals surface area contributed by atoms with Crippen LogP contribution in [0.25, 0.3) is 6.08 Å². The van der Waals surface area contributed by atoms with Gasteiger partial charge in [-0.2, -0.15) is 0 Å². The lowest BCUT2D eigenvalue weighted by molar-refractivity contribution is -0.115. The molecule has 0 aliphatic rings. The van der Waals surface area contributed by atoms with Crippen LogP contribution in [0.3, 0.4) is 0 Å². The highest BCUT2D eigenvalue weighted by molar-refractivity contribution is 8.00. The molecule has 0 aliphatic heterocycles. The standard InChI is InChI=1S/C32H27Cl2N3O4S/c1-20(30(38)36-26-17-23(33)16-24(34)18-26)42-28-10-6-9-25(19-28)35-32(40)29(15-21-11-13-27(41-2)14-12-21)37-31(39)22-7-4-3-5-8-22/h3-20H,1-2H3,(H,35,40)(H,36,38)(H,37,39)/b29-15+. The van der Waals surface area contributed by atoms with Gasteiger partial charge in [0.2, 0.25) is 5.91 Å². The van der Waals surface area contributed by atoms with E-state index < -0.39 is 17.1 Å². The first-order valence-corrected chi connectivity index (χ1v) is 14.4. The first kappa shape index (κ1) is 30.7. The maximum Gasteiger partial charge on any atom is 0.272 e. The highest BCUT2D eigenvalue weighted by Gasteiger charge is 2.18. The summed E-state index contributed by atoms with van der Waals surface area (Å²) in [5.74, 6) is -0.502. The third kappa shape index (κ3) is 8.88. The highest BCUT2D eigenvalue weighted by Crippen LogP contribution is 2.28. The molecule has 1 atom stereocenters. The van der Waals surface area contributed by atoms with Crippen molar-refractivity contribution in [3.63, 3.8) is 0 Å². The smallest absolute Gasteiger partial charge is 0.272 e. The van der Waals surface area contributed by atoms with E-state index in [0.29, 0.717) is 38.3 Å². The molecule has 3 amide bonds. The first-order valence-electron chi connectivity index (χ1n) is 12.8. The Morgan fingerprint density at radius 1 is 0.810 bits per heavy atom. The maximum absolute atomic E-state index is 13.4. The van der Waals surface area contributed by atoms with Crippen molar-refractivity contribution in [2.24, 2.45) is 0 Å². The number of rotatable bonds is 10.